The number of halogens is 1. The van der Waals surface area contributed by atoms with Crippen LogP contribution in [0.5, 0.6) is 0 Å². The molecule has 0 amide bonds. The molecule has 2 aromatic rings. The van der Waals surface area contributed by atoms with Gasteiger partial charge in [0.15, 0.2) is 0 Å². The predicted molar refractivity (Wildman–Crippen MR) is 64.7 cm³/mol. The van der Waals surface area contributed by atoms with Crippen molar-refractivity contribution >= 4 is 11.6 Å². The van der Waals surface area contributed by atoms with E-state index in [1.807, 2.05) is 18.2 Å². The lowest BCUT2D eigenvalue weighted by molar-refractivity contribution is 0.850. The summed E-state index contributed by atoms with van der Waals surface area (Å²) >= 11 is 5.83. The molecule has 0 fully saturated rings. The first kappa shape index (κ1) is 10.9. The largest absolute Gasteiger partial charge is 0.318 e. The Morgan fingerprint density at radius 3 is 2.75 bits per heavy atom. The van der Waals surface area contributed by atoms with Gasteiger partial charge in [0, 0.05) is 24.4 Å². The van der Waals surface area contributed by atoms with E-state index in [-0.39, 0.29) is 5.56 Å². The summed E-state index contributed by atoms with van der Waals surface area (Å²) in [5.41, 5.74) is 2.36. The number of hydrogen-bond acceptors (Lipinski definition) is 2. The summed E-state index contributed by atoms with van der Waals surface area (Å²) in [7, 11) is 1.73. The number of aryl methyl sites for hydroxylation is 2. The van der Waals surface area contributed by atoms with E-state index in [2.05, 4.69) is 4.98 Å². The molecule has 0 saturated heterocycles. The monoisotopic (exact) mass is 234 g/mol. The average molecular weight is 235 g/mol. The van der Waals surface area contributed by atoms with E-state index < -0.39 is 0 Å². The highest BCUT2D eigenvalue weighted by Crippen LogP contribution is 2.18. The van der Waals surface area contributed by atoms with E-state index in [1.54, 1.807) is 30.8 Å². The van der Waals surface area contributed by atoms with E-state index in [0.29, 0.717) is 10.7 Å². The molecule has 0 aliphatic heterocycles. The summed E-state index contributed by atoms with van der Waals surface area (Å²) in [6, 6.07) is 7.25. The smallest absolute Gasteiger partial charge is 0.253 e. The fourth-order valence-corrected chi connectivity index (χ4v) is 1.75. The Kier molecular flexibility index (Phi) is 2.79. The first-order chi connectivity index (χ1) is 7.58. The van der Waals surface area contributed by atoms with Crippen molar-refractivity contribution in [3.8, 4) is 11.3 Å². The van der Waals surface area contributed by atoms with E-state index in [9.17, 15) is 4.79 Å². The van der Waals surface area contributed by atoms with Crippen molar-refractivity contribution in [2.75, 3.05) is 0 Å². The lowest BCUT2D eigenvalue weighted by Crippen LogP contribution is -2.18. The molecule has 4 heteroatoms. The molecule has 0 spiro atoms. The third kappa shape index (κ3) is 1.99. The zero-order valence-corrected chi connectivity index (χ0v) is 9.82. The van der Waals surface area contributed by atoms with E-state index in [0.717, 1.165) is 11.3 Å². The molecule has 2 aromatic heterocycles. The Bertz CT molecular complexity index is 564. The van der Waals surface area contributed by atoms with Crippen LogP contribution in [0.2, 0.25) is 5.15 Å². The molecule has 3 nitrogen and oxygen atoms in total. The van der Waals surface area contributed by atoms with Gasteiger partial charge in [0.1, 0.15) is 5.15 Å². The molecule has 2 heterocycles. The van der Waals surface area contributed by atoms with Crippen LogP contribution >= 0.6 is 11.6 Å². The SMILES string of the molecule is Cc1cc(-c2cccc(Cl)n2)cn(C)c1=O. The maximum atomic E-state index is 11.5. The molecule has 0 aromatic carbocycles. The minimum atomic E-state index is 0.00535. The molecule has 0 aliphatic rings. The minimum absolute atomic E-state index is 0.00535. The van der Waals surface area contributed by atoms with Gasteiger partial charge in [-0.3, -0.25) is 4.79 Å². The van der Waals surface area contributed by atoms with Gasteiger partial charge in [-0.05, 0) is 25.1 Å². The van der Waals surface area contributed by atoms with Gasteiger partial charge >= 0.3 is 0 Å². The number of hydrogen-bond donors (Lipinski definition) is 0. The Morgan fingerprint density at radius 1 is 1.38 bits per heavy atom. The summed E-state index contributed by atoms with van der Waals surface area (Å²) in [5, 5.41) is 0.448. The highest BCUT2D eigenvalue weighted by Gasteiger charge is 2.04. The molecule has 82 valence electrons. The highest BCUT2D eigenvalue weighted by molar-refractivity contribution is 6.29. The van der Waals surface area contributed by atoms with Crippen LogP contribution in [-0.2, 0) is 7.05 Å². The Hall–Kier alpha value is -1.61. The van der Waals surface area contributed by atoms with Crippen LogP contribution in [0.1, 0.15) is 5.56 Å². The van der Waals surface area contributed by atoms with Gasteiger partial charge in [-0.25, -0.2) is 4.98 Å². The fraction of sp³-hybridized carbons (Fsp3) is 0.167. The molecular weight excluding hydrogens is 224 g/mol. The van der Waals surface area contributed by atoms with Gasteiger partial charge in [0.05, 0.1) is 5.69 Å². The number of pyridine rings is 2. The lowest BCUT2D eigenvalue weighted by Gasteiger charge is -2.05. The van der Waals surface area contributed by atoms with Gasteiger partial charge in [-0.1, -0.05) is 17.7 Å². The molecule has 16 heavy (non-hydrogen) atoms. The second-order valence-corrected chi connectivity index (χ2v) is 4.06. The van der Waals surface area contributed by atoms with Gasteiger partial charge in [-0.15, -0.1) is 0 Å². The van der Waals surface area contributed by atoms with Gasteiger partial charge < -0.3 is 4.57 Å². The summed E-state index contributed by atoms with van der Waals surface area (Å²) in [6.07, 6.45) is 1.76. The van der Waals surface area contributed by atoms with E-state index in [1.165, 1.54) is 0 Å². The number of rotatable bonds is 1. The predicted octanol–water partition coefficient (Wildman–Crippen LogP) is 2.41. The molecule has 0 bridgehead atoms. The molecule has 0 atom stereocenters. The Labute approximate surface area is 98.3 Å². The van der Waals surface area contributed by atoms with Crippen LogP contribution in [0, 0.1) is 6.92 Å². The molecule has 0 N–H and O–H groups in total. The van der Waals surface area contributed by atoms with Crippen molar-refractivity contribution in [1.29, 1.82) is 0 Å². The topological polar surface area (TPSA) is 34.9 Å². The van der Waals surface area contributed by atoms with Crippen LogP contribution in [0.15, 0.2) is 35.3 Å². The maximum Gasteiger partial charge on any atom is 0.253 e. The quantitative estimate of drug-likeness (QED) is 0.711. The fourth-order valence-electron chi connectivity index (χ4n) is 1.59. The van der Waals surface area contributed by atoms with Crippen molar-refractivity contribution in [2.24, 2.45) is 7.05 Å². The molecule has 2 rings (SSSR count). The van der Waals surface area contributed by atoms with Gasteiger partial charge in [0.2, 0.25) is 0 Å². The summed E-state index contributed by atoms with van der Waals surface area (Å²) in [6.45, 7) is 1.79. The molecule has 0 radical (unpaired) electrons. The summed E-state index contributed by atoms with van der Waals surface area (Å²) in [5.74, 6) is 0. The average Bonchev–Trinajstić information content (AvgIpc) is 2.25. The second-order valence-electron chi connectivity index (χ2n) is 3.67. The van der Waals surface area contributed by atoms with Gasteiger partial charge in [-0.2, -0.15) is 0 Å². The van der Waals surface area contributed by atoms with Crippen molar-refractivity contribution in [3.63, 3.8) is 0 Å². The standard InChI is InChI=1S/C12H11ClN2O/c1-8-6-9(7-15(2)12(8)16)10-4-3-5-11(13)14-10/h3-7H,1-2H3. The molecule has 0 aliphatic carbocycles. The second kappa shape index (κ2) is 4.10. The van der Waals surface area contributed by atoms with Crippen LogP contribution < -0.4 is 5.56 Å². The zero-order chi connectivity index (χ0) is 11.7. The summed E-state index contributed by atoms with van der Waals surface area (Å²) in [4.78, 5) is 15.7. The molecule has 0 unspecified atom stereocenters. The summed E-state index contributed by atoms with van der Waals surface area (Å²) < 4.78 is 1.55. The highest BCUT2D eigenvalue weighted by atomic mass is 35.5. The van der Waals surface area contributed by atoms with Crippen LogP contribution in [0.4, 0.5) is 0 Å². The normalized spacial score (nSPS) is 10.4. The van der Waals surface area contributed by atoms with Gasteiger partial charge in [0.25, 0.3) is 5.56 Å². The molecular formula is C12H11ClN2O. The first-order valence-corrected chi connectivity index (χ1v) is 5.26. The lowest BCUT2D eigenvalue weighted by atomic mass is 10.1. The Balaban J connectivity index is 2.61. The van der Waals surface area contributed by atoms with Crippen LogP contribution in [0.25, 0.3) is 11.3 Å². The zero-order valence-electron chi connectivity index (χ0n) is 9.07. The first-order valence-electron chi connectivity index (χ1n) is 4.88. The van der Waals surface area contributed by atoms with Crippen molar-refractivity contribution < 1.29 is 0 Å². The number of aromatic nitrogens is 2. The van der Waals surface area contributed by atoms with Crippen LogP contribution in [-0.4, -0.2) is 9.55 Å². The van der Waals surface area contributed by atoms with Crippen molar-refractivity contribution in [1.82, 2.24) is 9.55 Å². The van der Waals surface area contributed by atoms with Crippen molar-refractivity contribution in [3.05, 3.63) is 51.5 Å². The third-order valence-electron chi connectivity index (χ3n) is 2.37. The van der Waals surface area contributed by atoms with E-state index >= 15 is 0 Å². The Morgan fingerprint density at radius 2 is 2.12 bits per heavy atom. The van der Waals surface area contributed by atoms with E-state index in [4.69, 9.17) is 11.6 Å². The van der Waals surface area contributed by atoms with Crippen LogP contribution in [0.3, 0.4) is 0 Å². The third-order valence-corrected chi connectivity index (χ3v) is 2.58. The maximum absolute atomic E-state index is 11.5. The minimum Gasteiger partial charge on any atom is -0.318 e. The molecule has 0 saturated carbocycles. The number of nitrogens with zero attached hydrogens (tertiary/aromatic N) is 2. The van der Waals surface area contributed by atoms with Crippen molar-refractivity contribution in [2.45, 2.75) is 6.92 Å².